The summed E-state index contributed by atoms with van der Waals surface area (Å²) in [6, 6.07) is 3.36. The summed E-state index contributed by atoms with van der Waals surface area (Å²) in [5.74, 6) is 0. The second-order valence-corrected chi connectivity index (χ2v) is 6.77. The molecule has 0 bridgehead atoms. The summed E-state index contributed by atoms with van der Waals surface area (Å²) in [4.78, 5) is 13.0. The van der Waals surface area contributed by atoms with Gasteiger partial charge in [-0.05, 0) is 31.0 Å². The highest BCUT2D eigenvalue weighted by molar-refractivity contribution is 7.19. The maximum atomic E-state index is 11.6. The van der Waals surface area contributed by atoms with Crippen molar-refractivity contribution in [2.75, 3.05) is 5.73 Å². The van der Waals surface area contributed by atoms with Crippen molar-refractivity contribution in [2.45, 2.75) is 26.6 Å². The van der Waals surface area contributed by atoms with E-state index in [1.54, 1.807) is 13.2 Å². The van der Waals surface area contributed by atoms with Crippen molar-refractivity contribution in [3.63, 3.8) is 0 Å². The number of aromatic nitrogens is 3. The first-order valence-corrected chi connectivity index (χ1v) is 8.29. The van der Waals surface area contributed by atoms with E-state index in [1.807, 2.05) is 19.9 Å². The van der Waals surface area contributed by atoms with Gasteiger partial charge in [-0.1, -0.05) is 0 Å². The SMILES string of the molecule is Cc1nnc2sc(C(O)NCc3ccn(C)c(=O)c3)c(N)c2c1C. The zero-order chi connectivity index (χ0) is 17.4. The first-order valence-electron chi connectivity index (χ1n) is 7.47. The first kappa shape index (κ1) is 16.6. The maximum absolute atomic E-state index is 11.6. The number of aliphatic hydroxyl groups is 1. The van der Waals surface area contributed by atoms with Crippen LogP contribution in [0, 0.1) is 13.8 Å². The van der Waals surface area contributed by atoms with E-state index in [0.717, 1.165) is 22.2 Å². The van der Waals surface area contributed by atoms with Crippen LogP contribution in [0.3, 0.4) is 0 Å². The Morgan fingerprint density at radius 3 is 2.88 bits per heavy atom. The normalized spacial score (nSPS) is 12.7. The Balaban J connectivity index is 1.85. The molecule has 1 unspecified atom stereocenters. The highest BCUT2D eigenvalue weighted by Gasteiger charge is 2.20. The lowest BCUT2D eigenvalue weighted by Crippen LogP contribution is -2.22. The number of fused-ring (bicyclic) bond motifs is 1. The Morgan fingerprint density at radius 2 is 2.17 bits per heavy atom. The van der Waals surface area contributed by atoms with Crippen molar-refractivity contribution in [1.29, 1.82) is 0 Å². The molecule has 0 spiro atoms. The van der Waals surface area contributed by atoms with Crippen LogP contribution in [0.15, 0.2) is 23.1 Å². The largest absolute Gasteiger partial charge is 0.397 e. The molecular weight excluding hydrogens is 326 g/mol. The highest BCUT2D eigenvalue weighted by atomic mass is 32.1. The number of nitrogen functional groups attached to an aromatic ring is 1. The van der Waals surface area contributed by atoms with Crippen molar-refractivity contribution in [1.82, 2.24) is 20.1 Å². The number of thiophene rings is 1. The number of rotatable bonds is 4. The van der Waals surface area contributed by atoms with Crippen LogP contribution in [0.25, 0.3) is 10.2 Å². The van der Waals surface area contributed by atoms with Gasteiger partial charge in [0.2, 0.25) is 0 Å². The quantitative estimate of drug-likeness (QED) is 0.617. The predicted molar refractivity (Wildman–Crippen MR) is 94.8 cm³/mol. The van der Waals surface area contributed by atoms with E-state index >= 15 is 0 Å². The Labute approximate surface area is 142 Å². The van der Waals surface area contributed by atoms with E-state index in [2.05, 4.69) is 15.5 Å². The van der Waals surface area contributed by atoms with Gasteiger partial charge in [-0.2, -0.15) is 5.10 Å². The molecule has 24 heavy (non-hydrogen) atoms. The van der Waals surface area contributed by atoms with Crippen LogP contribution in [0.4, 0.5) is 5.69 Å². The van der Waals surface area contributed by atoms with Crippen molar-refractivity contribution in [3.05, 3.63) is 50.4 Å². The van der Waals surface area contributed by atoms with Crippen LogP contribution >= 0.6 is 11.3 Å². The summed E-state index contributed by atoms with van der Waals surface area (Å²) in [6.45, 7) is 4.18. The Morgan fingerprint density at radius 1 is 1.42 bits per heavy atom. The predicted octanol–water partition coefficient (Wildman–Crippen LogP) is 1.37. The average Bonchev–Trinajstić information content (AvgIpc) is 2.89. The van der Waals surface area contributed by atoms with Crippen molar-refractivity contribution >= 4 is 27.2 Å². The van der Waals surface area contributed by atoms with E-state index < -0.39 is 6.23 Å². The molecule has 0 fully saturated rings. The molecule has 0 saturated carbocycles. The van der Waals surface area contributed by atoms with E-state index in [0.29, 0.717) is 21.9 Å². The number of nitrogens with one attached hydrogen (secondary N) is 1. The summed E-state index contributed by atoms with van der Waals surface area (Å²) in [7, 11) is 1.69. The van der Waals surface area contributed by atoms with Gasteiger partial charge in [0.1, 0.15) is 11.1 Å². The topological polar surface area (TPSA) is 106 Å². The number of pyridine rings is 1. The summed E-state index contributed by atoms with van der Waals surface area (Å²) >= 11 is 1.32. The van der Waals surface area contributed by atoms with Crippen LogP contribution in [-0.4, -0.2) is 19.9 Å². The van der Waals surface area contributed by atoms with E-state index in [1.165, 1.54) is 22.0 Å². The lowest BCUT2D eigenvalue weighted by atomic mass is 10.1. The molecule has 0 radical (unpaired) electrons. The van der Waals surface area contributed by atoms with Crippen LogP contribution < -0.4 is 16.6 Å². The summed E-state index contributed by atoms with van der Waals surface area (Å²) < 4.78 is 1.49. The minimum Gasteiger partial charge on any atom is -0.397 e. The zero-order valence-corrected chi connectivity index (χ0v) is 14.5. The summed E-state index contributed by atoms with van der Waals surface area (Å²) in [6.07, 6.45) is 0.759. The second kappa shape index (κ2) is 6.31. The number of nitrogens with zero attached hydrogens (tertiary/aromatic N) is 3. The summed E-state index contributed by atoms with van der Waals surface area (Å²) in [5.41, 5.74) is 9.23. The molecule has 126 valence electrons. The Kier molecular flexibility index (Phi) is 4.35. The van der Waals surface area contributed by atoms with Gasteiger partial charge in [-0.15, -0.1) is 16.4 Å². The van der Waals surface area contributed by atoms with Crippen LogP contribution in [0.5, 0.6) is 0 Å². The standard InChI is InChI=1S/C16H19N5O2S/c1-8-9(2)19-20-16-12(8)13(17)14(24-16)15(23)18-7-10-4-5-21(3)11(22)6-10/h4-6,15,18,23H,7,17H2,1-3H3. The molecule has 7 nitrogen and oxygen atoms in total. The molecule has 0 aromatic carbocycles. The smallest absolute Gasteiger partial charge is 0.250 e. The molecule has 0 aliphatic carbocycles. The minimum atomic E-state index is -0.937. The second-order valence-electron chi connectivity index (χ2n) is 5.74. The molecule has 1 atom stereocenters. The number of anilines is 1. The van der Waals surface area contributed by atoms with E-state index in [9.17, 15) is 9.90 Å². The molecule has 8 heteroatoms. The first-order chi connectivity index (χ1) is 11.4. The number of hydrogen-bond donors (Lipinski definition) is 3. The van der Waals surface area contributed by atoms with Crippen LogP contribution in [0.2, 0.25) is 0 Å². The fourth-order valence-electron chi connectivity index (χ4n) is 2.47. The molecule has 0 aliphatic heterocycles. The van der Waals surface area contributed by atoms with Crippen LogP contribution in [0.1, 0.15) is 27.9 Å². The van der Waals surface area contributed by atoms with Gasteiger partial charge in [-0.25, -0.2) is 0 Å². The number of aryl methyl sites for hydroxylation is 3. The molecule has 0 amide bonds. The van der Waals surface area contributed by atoms with Gasteiger partial charge in [0.15, 0.2) is 0 Å². The number of hydrogen-bond acceptors (Lipinski definition) is 7. The maximum Gasteiger partial charge on any atom is 0.250 e. The van der Waals surface area contributed by atoms with Crippen molar-refractivity contribution in [2.24, 2.45) is 7.05 Å². The monoisotopic (exact) mass is 345 g/mol. The number of aliphatic hydroxyl groups excluding tert-OH is 1. The minimum absolute atomic E-state index is 0.0912. The molecular formula is C16H19N5O2S. The Bertz CT molecular complexity index is 963. The lowest BCUT2D eigenvalue weighted by Gasteiger charge is -2.12. The van der Waals surface area contributed by atoms with Crippen molar-refractivity contribution < 1.29 is 5.11 Å². The summed E-state index contributed by atoms with van der Waals surface area (Å²) in [5, 5.41) is 22.5. The highest BCUT2D eigenvalue weighted by Crippen LogP contribution is 2.37. The van der Waals surface area contributed by atoms with Crippen LogP contribution in [-0.2, 0) is 13.6 Å². The van der Waals surface area contributed by atoms with Gasteiger partial charge in [0.25, 0.3) is 5.56 Å². The molecule has 3 aromatic rings. The number of nitrogens with two attached hydrogens (primary N) is 1. The third-order valence-electron chi connectivity index (χ3n) is 4.08. The van der Waals surface area contributed by atoms with Gasteiger partial charge < -0.3 is 15.4 Å². The molecule has 3 rings (SSSR count). The molecule has 4 N–H and O–H groups in total. The average molecular weight is 345 g/mol. The third kappa shape index (κ3) is 2.91. The van der Waals surface area contributed by atoms with Gasteiger partial charge in [0, 0.05) is 31.2 Å². The molecule has 0 aliphatic rings. The van der Waals surface area contributed by atoms with Gasteiger partial charge >= 0.3 is 0 Å². The van der Waals surface area contributed by atoms with E-state index in [4.69, 9.17) is 5.73 Å². The molecule has 0 saturated heterocycles. The fraction of sp³-hybridized carbons (Fsp3) is 0.312. The van der Waals surface area contributed by atoms with E-state index in [-0.39, 0.29) is 5.56 Å². The fourth-order valence-corrected chi connectivity index (χ4v) is 3.53. The van der Waals surface area contributed by atoms with Gasteiger partial charge in [0.05, 0.1) is 16.3 Å². The molecule has 3 aromatic heterocycles. The zero-order valence-electron chi connectivity index (χ0n) is 13.7. The molecule has 3 heterocycles. The lowest BCUT2D eigenvalue weighted by molar-refractivity contribution is 0.141. The third-order valence-corrected chi connectivity index (χ3v) is 5.22. The Hall–Kier alpha value is -2.29. The van der Waals surface area contributed by atoms with Crippen molar-refractivity contribution in [3.8, 4) is 0 Å². The van der Waals surface area contributed by atoms with Gasteiger partial charge in [-0.3, -0.25) is 10.1 Å².